The number of esters is 1. The fraction of sp³-hybridized carbons (Fsp3) is 0.364. The summed E-state index contributed by atoms with van der Waals surface area (Å²) in [6.45, 7) is 3.24. The smallest absolute Gasteiger partial charge is 0.341 e. The Kier molecular flexibility index (Phi) is 5.24. The number of nitro benzene ring substituents is 1. The first-order valence-corrected chi connectivity index (χ1v) is 8.02. The van der Waals surface area contributed by atoms with E-state index in [1.165, 1.54) is 6.92 Å². The number of hydrogen-bond donors (Lipinski definition) is 0. The minimum atomic E-state index is -4.59. The molecule has 7 nitrogen and oxygen atoms in total. The predicted octanol–water partition coefficient (Wildman–Crippen LogP) is 2.62. The van der Waals surface area contributed by atoms with Gasteiger partial charge in [-0.3, -0.25) is 10.1 Å². The van der Waals surface area contributed by atoms with Crippen LogP contribution in [-0.2, 0) is 13.8 Å². The number of carbonyl (C=O) groups excluding carboxylic acids is 1. The van der Waals surface area contributed by atoms with Crippen molar-refractivity contribution in [2.45, 2.75) is 31.3 Å². The van der Waals surface area contributed by atoms with Crippen LogP contribution in [0.2, 0.25) is 0 Å². The summed E-state index contributed by atoms with van der Waals surface area (Å²) < 4.78 is 41.3. The van der Waals surface area contributed by atoms with E-state index in [-0.39, 0.29) is 0 Å². The van der Waals surface area contributed by atoms with Crippen LogP contribution in [0.1, 0.15) is 30.6 Å². The summed E-state index contributed by atoms with van der Waals surface area (Å²) in [6.07, 6.45) is -0.129. The van der Waals surface area contributed by atoms with E-state index in [0.717, 1.165) is 0 Å². The number of nitrogens with zero attached hydrogens (tertiary/aromatic N) is 1. The van der Waals surface area contributed by atoms with Crippen LogP contribution in [-0.4, -0.2) is 25.4 Å². The normalized spacial score (nSPS) is 12.8. The minimum absolute atomic E-state index is 0.433. The number of hydrogen-bond acceptors (Lipinski definition) is 6. The Hall–Kier alpha value is -1.74. The maximum absolute atomic E-state index is 14.0. The predicted molar refractivity (Wildman–Crippen MR) is 71.3 cm³/mol. The van der Waals surface area contributed by atoms with Crippen molar-refractivity contribution >= 4 is 31.4 Å². The molecule has 0 saturated heterocycles. The first-order valence-electron chi connectivity index (χ1n) is 5.71. The summed E-state index contributed by atoms with van der Waals surface area (Å²) >= 11 is 0. The van der Waals surface area contributed by atoms with Crippen molar-refractivity contribution in [1.82, 2.24) is 0 Å². The summed E-state index contributed by atoms with van der Waals surface area (Å²) in [4.78, 5) is 20.4. The highest BCUT2D eigenvalue weighted by atomic mass is 35.7. The Labute approximate surface area is 124 Å². The van der Waals surface area contributed by atoms with Crippen LogP contribution in [0, 0.1) is 15.9 Å². The summed E-state index contributed by atoms with van der Waals surface area (Å²) in [5.74, 6) is -2.68. The van der Waals surface area contributed by atoms with E-state index >= 15 is 0 Å². The second-order valence-electron chi connectivity index (χ2n) is 4.12. The lowest BCUT2D eigenvalue weighted by atomic mass is 10.2. The lowest BCUT2D eigenvalue weighted by molar-refractivity contribution is -0.385. The number of benzene rings is 1. The van der Waals surface area contributed by atoms with Crippen LogP contribution in [0.25, 0.3) is 0 Å². The molecule has 0 radical (unpaired) electrons. The van der Waals surface area contributed by atoms with Gasteiger partial charge >= 0.3 is 5.97 Å². The van der Waals surface area contributed by atoms with E-state index in [1.54, 1.807) is 6.92 Å². The fourth-order valence-corrected chi connectivity index (χ4v) is 2.27. The van der Waals surface area contributed by atoms with Crippen LogP contribution in [0.5, 0.6) is 0 Å². The Bertz CT molecular complexity index is 690. The van der Waals surface area contributed by atoms with Crippen molar-refractivity contribution < 1.29 is 27.3 Å². The van der Waals surface area contributed by atoms with Crippen molar-refractivity contribution in [3.05, 3.63) is 33.6 Å². The van der Waals surface area contributed by atoms with Gasteiger partial charge in [-0.2, -0.15) is 0 Å². The van der Waals surface area contributed by atoms with E-state index in [9.17, 15) is 27.7 Å². The van der Waals surface area contributed by atoms with Crippen molar-refractivity contribution in [3.8, 4) is 0 Å². The molecule has 0 amide bonds. The van der Waals surface area contributed by atoms with Gasteiger partial charge in [0.2, 0.25) is 0 Å². The number of ether oxygens (including phenoxy) is 1. The van der Waals surface area contributed by atoms with Crippen LogP contribution in [0.3, 0.4) is 0 Å². The van der Waals surface area contributed by atoms with Gasteiger partial charge < -0.3 is 4.74 Å². The molecule has 0 heterocycles. The maximum Gasteiger partial charge on any atom is 0.341 e. The van der Waals surface area contributed by atoms with Gasteiger partial charge in [0.05, 0.1) is 11.0 Å². The van der Waals surface area contributed by atoms with E-state index in [1.807, 2.05) is 0 Å². The molecule has 0 saturated carbocycles. The molecule has 21 heavy (non-hydrogen) atoms. The highest BCUT2D eigenvalue weighted by molar-refractivity contribution is 8.13. The first-order chi connectivity index (χ1) is 9.57. The largest absolute Gasteiger partial charge is 0.459 e. The molecule has 0 bridgehead atoms. The van der Waals surface area contributed by atoms with Gasteiger partial charge in [0.1, 0.15) is 10.5 Å². The molecular formula is C11H11ClFNO6S. The van der Waals surface area contributed by atoms with Gasteiger partial charge in [-0.15, -0.1) is 0 Å². The van der Waals surface area contributed by atoms with Gasteiger partial charge in [-0.25, -0.2) is 17.6 Å². The maximum atomic E-state index is 14.0. The van der Waals surface area contributed by atoms with E-state index in [2.05, 4.69) is 0 Å². The molecule has 0 aliphatic heterocycles. The summed E-state index contributed by atoms with van der Waals surface area (Å²) in [5, 5.41) is 10.7. The number of halogens is 2. The summed E-state index contributed by atoms with van der Waals surface area (Å²) in [5.41, 5.74) is -1.64. The minimum Gasteiger partial charge on any atom is -0.459 e. The van der Waals surface area contributed by atoms with Crippen LogP contribution >= 0.6 is 10.7 Å². The lowest BCUT2D eigenvalue weighted by Gasteiger charge is -2.12. The highest BCUT2D eigenvalue weighted by Crippen LogP contribution is 2.28. The third-order valence-corrected chi connectivity index (χ3v) is 3.92. The standard InChI is InChI=1S/C11H11ClFNO6S/c1-3-6(2)20-11(15)8-4-7(14(16)17)5-9(10(8)13)21(12,18)19/h4-6H,3H2,1-2H3. The number of rotatable bonds is 5. The average Bonchev–Trinajstić information content (AvgIpc) is 2.36. The van der Waals surface area contributed by atoms with Crippen molar-refractivity contribution in [2.75, 3.05) is 0 Å². The van der Waals surface area contributed by atoms with Crippen LogP contribution < -0.4 is 0 Å². The zero-order chi connectivity index (χ0) is 16.4. The first kappa shape index (κ1) is 17.3. The summed E-state index contributed by atoms with van der Waals surface area (Å²) in [7, 11) is 0.413. The van der Waals surface area contributed by atoms with Crippen molar-refractivity contribution in [2.24, 2.45) is 0 Å². The Morgan fingerprint density at radius 3 is 2.52 bits per heavy atom. The van der Waals surface area contributed by atoms with Gasteiger partial charge in [-0.1, -0.05) is 6.92 Å². The molecule has 1 atom stereocenters. The average molecular weight is 340 g/mol. The lowest BCUT2D eigenvalue weighted by Crippen LogP contribution is -2.16. The monoisotopic (exact) mass is 339 g/mol. The Morgan fingerprint density at radius 1 is 1.52 bits per heavy atom. The molecular weight excluding hydrogens is 329 g/mol. The second-order valence-corrected chi connectivity index (χ2v) is 6.66. The molecule has 0 aromatic heterocycles. The van der Waals surface area contributed by atoms with Gasteiger partial charge in [-0.05, 0) is 13.3 Å². The third kappa shape index (κ3) is 4.11. The highest BCUT2D eigenvalue weighted by Gasteiger charge is 2.28. The molecule has 1 aromatic carbocycles. The van der Waals surface area contributed by atoms with E-state index in [4.69, 9.17) is 15.4 Å². The second kappa shape index (κ2) is 6.35. The zero-order valence-electron chi connectivity index (χ0n) is 11.0. The van der Waals surface area contributed by atoms with Gasteiger partial charge in [0.15, 0.2) is 5.82 Å². The molecule has 1 rings (SSSR count). The third-order valence-electron chi connectivity index (χ3n) is 2.60. The molecule has 116 valence electrons. The Morgan fingerprint density at radius 2 is 2.10 bits per heavy atom. The number of non-ortho nitro benzene ring substituents is 1. The number of nitro groups is 1. The summed E-state index contributed by atoms with van der Waals surface area (Å²) in [6, 6.07) is 1.04. The molecule has 0 aliphatic carbocycles. The fourth-order valence-electron chi connectivity index (χ4n) is 1.34. The molecule has 0 spiro atoms. The molecule has 0 fully saturated rings. The SMILES string of the molecule is CCC(C)OC(=O)c1cc([N+](=O)[O-])cc(S(=O)(=O)Cl)c1F. The van der Waals surface area contributed by atoms with Gasteiger partial charge in [0, 0.05) is 22.8 Å². The molecule has 1 aromatic rings. The van der Waals surface area contributed by atoms with Crippen molar-refractivity contribution in [1.29, 1.82) is 0 Å². The molecule has 0 N–H and O–H groups in total. The zero-order valence-corrected chi connectivity index (χ0v) is 12.6. The van der Waals surface area contributed by atoms with E-state index in [0.29, 0.717) is 18.6 Å². The quantitative estimate of drug-likeness (QED) is 0.353. The van der Waals surface area contributed by atoms with Crippen LogP contribution in [0.4, 0.5) is 10.1 Å². The van der Waals surface area contributed by atoms with E-state index < -0.39 is 48.0 Å². The van der Waals surface area contributed by atoms with Crippen molar-refractivity contribution in [3.63, 3.8) is 0 Å². The molecule has 1 unspecified atom stereocenters. The Balaban J connectivity index is 3.48. The molecule has 10 heteroatoms. The topological polar surface area (TPSA) is 104 Å². The van der Waals surface area contributed by atoms with Crippen LogP contribution in [0.15, 0.2) is 17.0 Å². The van der Waals surface area contributed by atoms with Gasteiger partial charge in [0.25, 0.3) is 14.7 Å². The number of carbonyl (C=O) groups is 1. The molecule has 0 aliphatic rings.